The van der Waals surface area contributed by atoms with E-state index in [9.17, 15) is 18.0 Å². The van der Waals surface area contributed by atoms with Crippen molar-refractivity contribution in [1.82, 2.24) is 19.7 Å². The van der Waals surface area contributed by atoms with Crippen molar-refractivity contribution in [1.29, 1.82) is 0 Å². The SMILES string of the molecule is O=C(CN1C2CC1CN(Cc1ccc(C(F)(F)F)nc1)C2)N1CCOCC1. The minimum absolute atomic E-state index is 0.161. The van der Waals surface area contributed by atoms with Crippen molar-refractivity contribution < 1.29 is 22.7 Å². The number of halogens is 3. The van der Waals surface area contributed by atoms with Gasteiger partial charge in [0.1, 0.15) is 5.69 Å². The van der Waals surface area contributed by atoms with Gasteiger partial charge in [-0.25, -0.2) is 0 Å². The summed E-state index contributed by atoms with van der Waals surface area (Å²) in [7, 11) is 0. The number of carbonyl (C=O) groups is 1. The lowest BCUT2D eigenvalue weighted by Crippen LogP contribution is -2.69. The molecule has 4 saturated heterocycles. The van der Waals surface area contributed by atoms with E-state index in [-0.39, 0.29) is 5.91 Å². The summed E-state index contributed by atoms with van der Waals surface area (Å²) in [5, 5.41) is 0. The van der Waals surface area contributed by atoms with Crippen LogP contribution in [-0.2, 0) is 22.3 Å². The lowest BCUT2D eigenvalue weighted by Gasteiger charge is -2.56. The fourth-order valence-electron chi connectivity index (χ4n) is 4.17. The summed E-state index contributed by atoms with van der Waals surface area (Å²) in [6.07, 6.45) is -2.01. The van der Waals surface area contributed by atoms with E-state index in [1.807, 2.05) is 4.90 Å². The fourth-order valence-corrected chi connectivity index (χ4v) is 4.17. The average Bonchev–Trinajstić information content (AvgIpc) is 2.66. The van der Waals surface area contributed by atoms with E-state index in [0.29, 0.717) is 51.5 Å². The van der Waals surface area contributed by atoms with E-state index in [4.69, 9.17) is 4.74 Å². The summed E-state index contributed by atoms with van der Waals surface area (Å²) in [6, 6.07) is 3.22. The van der Waals surface area contributed by atoms with Gasteiger partial charge < -0.3 is 9.64 Å². The molecule has 0 aliphatic carbocycles. The molecule has 9 heteroatoms. The lowest BCUT2D eigenvalue weighted by molar-refractivity contribution is -0.145. The Bertz CT molecular complexity index is 664. The Morgan fingerprint density at radius 2 is 1.89 bits per heavy atom. The first-order chi connectivity index (χ1) is 12.9. The number of aromatic nitrogens is 1. The Kier molecular flexibility index (Phi) is 5.09. The second kappa shape index (κ2) is 7.37. The van der Waals surface area contributed by atoms with Gasteiger partial charge in [0.05, 0.1) is 19.8 Å². The molecule has 0 aromatic carbocycles. The van der Waals surface area contributed by atoms with Gasteiger partial charge in [0.25, 0.3) is 0 Å². The molecule has 148 valence electrons. The zero-order chi connectivity index (χ0) is 19.0. The first kappa shape index (κ1) is 18.6. The van der Waals surface area contributed by atoms with Crippen LogP contribution >= 0.6 is 0 Å². The zero-order valence-corrected chi connectivity index (χ0v) is 15.0. The Hall–Kier alpha value is -1.71. The third-order valence-corrected chi connectivity index (χ3v) is 5.62. The van der Waals surface area contributed by atoms with Gasteiger partial charge in [-0.2, -0.15) is 13.2 Å². The van der Waals surface area contributed by atoms with Gasteiger partial charge in [0.2, 0.25) is 5.91 Å². The Labute approximate surface area is 155 Å². The van der Waals surface area contributed by atoms with Crippen LogP contribution in [-0.4, -0.2) is 83.6 Å². The van der Waals surface area contributed by atoms with Crippen molar-refractivity contribution in [2.24, 2.45) is 0 Å². The highest BCUT2D eigenvalue weighted by atomic mass is 19.4. The second-order valence-corrected chi connectivity index (χ2v) is 7.45. The number of ether oxygens (including phenoxy) is 1. The summed E-state index contributed by atoms with van der Waals surface area (Å²) >= 11 is 0. The standard InChI is InChI=1S/C18H23F3N4O2/c19-18(20,21)16-2-1-13(8-22-16)9-23-10-14-7-15(11-23)25(14)12-17(26)24-3-5-27-6-4-24/h1-2,8,14-15H,3-7,9-12H2. The van der Waals surface area contributed by atoms with Gasteiger partial charge in [-0.3, -0.25) is 19.6 Å². The van der Waals surface area contributed by atoms with Gasteiger partial charge in [0.15, 0.2) is 0 Å². The highest BCUT2D eigenvalue weighted by Crippen LogP contribution is 2.33. The number of morpholine rings is 1. The lowest BCUT2D eigenvalue weighted by atomic mass is 9.87. The number of pyridine rings is 1. The van der Waals surface area contributed by atoms with E-state index in [0.717, 1.165) is 31.1 Å². The molecule has 2 bridgehead atoms. The summed E-state index contributed by atoms with van der Waals surface area (Å²) in [6.45, 7) is 5.22. The number of rotatable bonds is 4. The highest BCUT2D eigenvalue weighted by Gasteiger charge is 2.45. The number of fused-ring (bicyclic) bond motifs is 2. The summed E-state index contributed by atoms with van der Waals surface area (Å²) in [4.78, 5) is 22.3. The van der Waals surface area contributed by atoms with E-state index < -0.39 is 11.9 Å². The normalized spacial score (nSPS) is 26.7. The van der Waals surface area contributed by atoms with Crippen molar-refractivity contribution in [2.45, 2.75) is 31.2 Å². The fraction of sp³-hybridized carbons (Fsp3) is 0.667. The predicted molar refractivity (Wildman–Crippen MR) is 90.8 cm³/mol. The minimum Gasteiger partial charge on any atom is -0.378 e. The molecule has 2 unspecified atom stereocenters. The molecule has 0 N–H and O–H groups in total. The van der Waals surface area contributed by atoms with Crippen LogP contribution in [0.1, 0.15) is 17.7 Å². The molecule has 5 rings (SSSR count). The molecule has 4 aliphatic heterocycles. The second-order valence-electron chi connectivity index (χ2n) is 7.45. The smallest absolute Gasteiger partial charge is 0.378 e. The molecule has 6 nitrogen and oxygen atoms in total. The molecule has 0 saturated carbocycles. The Morgan fingerprint density at radius 3 is 2.48 bits per heavy atom. The minimum atomic E-state index is -4.40. The Morgan fingerprint density at radius 1 is 1.19 bits per heavy atom. The van der Waals surface area contributed by atoms with Gasteiger partial charge >= 0.3 is 6.18 Å². The van der Waals surface area contributed by atoms with Crippen LogP contribution in [0.15, 0.2) is 18.3 Å². The average molecular weight is 384 g/mol. The zero-order valence-electron chi connectivity index (χ0n) is 15.0. The molecule has 4 fully saturated rings. The predicted octanol–water partition coefficient (Wildman–Crippen LogP) is 1.22. The number of alkyl halides is 3. The molecule has 1 aromatic heterocycles. The van der Waals surface area contributed by atoms with Crippen molar-refractivity contribution >= 4 is 5.91 Å². The van der Waals surface area contributed by atoms with Crippen LogP contribution in [0.25, 0.3) is 0 Å². The number of carbonyl (C=O) groups excluding carboxylic acids is 1. The van der Waals surface area contributed by atoms with Crippen LogP contribution in [0.4, 0.5) is 13.2 Å². The molecular formula is C18H23F3N4O2. The van der Waals surface area contributed by atoms with Crippen LogP contribution in [0, 0.1) is 0 Å². The summed E-state index contributed by atoms with van der Waals surface area (Å²) in [5.41, 5.74) is -0.0826. The molecule has 4 aliphatic rings. The third kappa shape index (κ3) is 4.09. The molecule has 2 atom stereocenters. The maximum atomic E-state index is 12.6. The number of nitrogens with zero attached hydrogens (tertiary/aromatic N) is 4. The van der Waals surface area contributed by atoms with Crippen LogP contribution in [0.3, 0.4) is 0 Å². The van der Waals surface area contributed by atoms with Crippen molar-refractivity contribution in [3.63, 3.8) is 0 Å². The monoisotopic (exact) mass is 384 g/mol. The molecule has 5 heterocycles. The van der Waals surface area contributed by atoms with Gasteiger partial charge in [-0.15, -0.1) is 0 Å². The van der Waals surface area contributed by atoms with E-state index in [1.54, 1.807) is 0 Å². The van der Waals surface area contributed by atoms with Crippen molar-refractivity contribution in [2.75, 3.05) is 45.9 Å². The van der Waals surface area contributed by atoms with Gasteiger partial charge in [-0.1, -0.05) is 6.07 Å². The molecular weight excluding hydrogens is 361 g/mol. The van der Waals surface area contributed by atoms with Crippen LogP contribution in [0.5, 0.6) is 0 Å². The number of amides is 1. The molecule has 1 amide bonds. The first-order valence-electron chi connectivity index (χ1n) is 9.26. The van der Waals surface area contributed by atoms with Crippen molar-refractivity contribution in [3.8, 4) is 0 Å². The van der Waals surface area contributed by atoms with Crippen LogP contribution < -0.4 is 0 Å². The summed E-state index contributed by atoms with van der Waals surface area (Å²) in [5.74, 6) is 0.161. The van der Waals surface area contributed by atoms with Crippen LogP contribution in [0.2, 0.25) is 0 Å². The van der Waals surface area contributed by atoms with Gasteiger partial charge in [0, 0.05) is 51.0 Å². The first-order valence-corrected chi connectivity index (χ1v) is 9.26. The summed E-state index contributed by atoms with van der Waals surface area (Å²) < 4.78 is 43.1. The maximum Gasteiger partial charge on any atom is 0.433 e. The number of hydrogen-bond acceptors (Lipinski definition) is 5. The number of piperazine rings is 1. The number of piperidine rings is 1. The largest absolute Gasteiger partial charge is 0.433 e. The van der Waals surface area contributed by atoms with E-state index >= 15 is 0 Å². The topological polar surface area (TPSA) is 48.9 Å². The third-order valence-electron chi connectivity index (χ3n) is 5.62. The van der Waals surface area contributed by atoms with Crippen molar-refractivity contribution in [3.05, 3.63) is 29.6 Å². The molecule has 0 spiro atoms. The quantitative estimate of drug-likeness (QED) is 0.781. The maximum absolute atomic E-state index is 12.6. The van der Waals surface area contributed by atoms with E-state index in [2.05, 4.69) is 14.8 Å². The highest BCUT2D eigenvalue weighted by molar-refractivity contribution is 5.78. The van der Waals surface area contributed by atoms with Gasteiger partial charge in [-0.05, 0) is 18.1 Å². The molecule has 27 heavy (non-hydrogen) atoms. The molecule has 1 aromatic rings. The Balaban J connectivity index is 1.28. The molecule has 0 radical (unpaired) electrons. The van der Waals surface area contributed by atoms with E-state index in [1.165, 1.54) is 12.3 Å². The number of hydrogen-bond donors (Lipinski definition) is 0.